The molecule has 2 fully saturated rings. The van der Waals surface area contributed by atoms with E-state index < -0.39 is 61.4 Å². The third-order valence-electron chi connectivity index (χ3n) is 5.56. The van der Waals surface area contributed by atoms with Crippen LogP contribution in [0.4, 0.5) is 0 Å². The van der Waals surface area contributed by atoms with Crippen LogP contribution in [0.5, 0.6) is 0 Å². The summed E-state index contributed by atoms with van der Waals surface area (Å²) in [6.45, 7) is 0.333. The van der Waals surface area contributed by atoms with Crippen LogP contribution in [0.25, 0.3) is 0 Å². The van der Waals surface area contributed by atoms with Crippen LogP contribution in [0.2, 0.25) is 0 Å². The van der Waals surface area contributed by atoms with E-state index >= 15 is 0 Å². The Bertz CT molecular complexity index is 481. The molecule has 11 heteroatoms. The first-order chi connectivity index (χ1) is 14.5. The van der Waals surface area contributed by atoms with Crippen molar-refractivity contribution in [1.29, 1.82) is 0 Å². The lowest BCUT2D eigenvalue weighted by Crippen LogP contribution is -2.63. The van der Waals surface area contributed by atoms with Gasteiger partial charge in [0.25, 0.3) is 0 Å². The fourth-order valence-corrected chi connectivity index (χ4v) is 4.06. The second kappa shape index (κ2) is 12.6. The second-order valence-corrected chi connectivity index (χ2v) is 7.10. The normalized spacial score (nSPS) is 42.4. The van der Waals surface area contributed by atoms with Crippen LogP contribution in [0, 0.1) is 0 Å². The van der Waals surface area contributed by atoms with E-state index in [1.165, 1.54) is 21.3 Å². The van der Waals surface area contributed by atoms with Crippen LogP contribution in [0.1, 0.15) is 0 Å². The minimum atomic E-state index is -0.969. The summed E-state index contributed by atoms with van der Waals surface area (Å²) in [4.78, 5) is 0. The minimum Gasteiger partial charge on any atom is -0.387 e. The molecule has 0 aromatic carbocycles. The van der Waals surface area contributed by atoms with E-state index in [1.54, 1.807) is 28.4 Å². The first-order valence-corrected chi connectivity index (χ1v) is 9.77. The average Bonchev–Trinajstić information content (AvgIpc) is 2.76. The zero-order valence-corrected chi connectivity index (χ0v) is 18.7. The number of hydrogen-bond acceptors (Lipinski definition) is 11. The Labute approximate surface area is 177 Å². The fourth-order valence-electron chi connectivity index (χ4n) is 4.06. The number of ether oxygens (including phenoxy) is 10. The zero-order chi connectivity index (χ0) is 22.3. The summed E-state index contributed by atoms with van der Waals surface area (Å²) < 4.78 is 56.1. The molecule has 2 heterocycles. The Hall–Kier alpha value is -0.440. The number of aliphatic hydroxyl groups excluding tert-OH is 1. The van der Waals surface area contributed by atoms with Crippen molar-refractivity contribution in [3.05, 3.63) is 0 Å². The van der Waals surface area contributed by atoms with Gasteiger partial charge >= 0.3 is 0 Å². The van der Waals surface area contributed by atoms with Crippen molar-refractivity contribution < 1.29 is 52.5 Å². The SMILES string of the molecule is COCC1OC(OCC2OC(OC)C(OC)C(O)C2OC)C(OC)C(OC)C1OC. The molecule has 10 atom stereocenters. The summed E-state index contributed by atoms with van der Waals surface area (Å²) in [6, 6.07) is 0. The summed E-state index contributed by atoms with van der Waals surface area (Å²) in [5, 5.41) is 10.6. The monoisotopic (exact) mass is 440 g/mol. The highest BCUT2D eigenvalue weighted by atomic mass is 16.7. The average molecular weight is 440 g/mol. The maximum absolute atomic E-state index is 10.6. The fraction of sp³-hybridized carbons (Fsp3) is 1.00. The molecule has 0 spiro atoms. The van der Waals surface area contributed by atoms with E-state index in [9.17, 15) is 5.11 Å². The molecular formula is C19H36O11. The molecule has 0 aromatic rings. The Balaban J connectivity index is 2.12. The van der Waals surface area contributed by atoms with Crippen LogP contribution in [0.3, 0.4) is 0 Å². The molecule has 0 amide bonds. The van der Waals surface area contributed by atoms with Gasteiger partial charge in [0, 0.05) is 49.8 Å². The maximum Gasteiger partial charge on any atom is 0.187 e. The third kappa shape index (κ3) is 5.48. The molecule has 10 unspecified atom stereocenters. The highest BCUT2D eigenvalue weighted by Crippen LogP contribution is 2.30. The van der Waals surface area contributed by atoms with Gasteiger partial charge < -0.3 is 52.5 Å². The molecule has 2 aliphatic rings. The smallest absolute Gasteiger partial charge is 0.187 e. The van der Waals surface area contributed by atoms with Gasteiger partial charge in [-0.2, -0.15) is 0 Å². The molecule has 2 rings (SSSR count). The van der Waals surface area contributed by atoms with Crippen molar-refractivity contribution >= 4 is 0 Å². The first-order valence-electron chi connectivity index (χ1n) is 9.77. The summed E-state index contributed by atoms with van der Waals surface area (Å²) >= 11 is 0. The quantitative estimate of drug-likeness (QED) is 0.435. The highest BCUT2D eigenvalue weighted by molar-refractivity contribution is 4.94. The number of methoxy groups -OCH3 is 7. The molecule has 0 bridgehead atoms. The van der Waals surface area contributed by atoms with Gasteiger partial charge in [0.05, 0.1) is 13.2 Å². The van der Waals surface area contributed by atoms with E-state index in [0.29, 0.717) is 0 Å². The lowest BCUT2D eigenvalue weighted by molar-refractivity contribution is -0.337. The Morgan fingerprint density at radius 3 is 1.60 bits per heavy atom. The Kier molecular flexibility index (Phi) is 10.8. The summed E-state index contributed by atoms with van der Waals surface area (Å²) in [5.41, 5.74) is 0. The van der Waals surface area contributed by atoms with Crippen molar-refractivity contribution in [2.45, 2.75) is 61.4 Å². The van der Waals surface area contributed by atoms with Gasteiger partial charge in [0.15, 0.2) is 12.6 Å². The molecule has 2 saturated heterocycles. The van der Waals surface area contributed by atoms with Crippen LogP contribution < -0.4 is 0 Å². The number of hydrogen-bond donors (Lipinski definition) is 1. The molecule has 0 radical (unpaired) electrons. The largest absolute Gasteiger partial charge is 0.387 e. The lowest BCUT2D eigenvalue weighted by Gasteiger charge is -2.46. The Morgan fingerprint density at radius 1 is 0.567 bits per heavy atom. The second-order valence-electron chi connectivity index (χ2n) is 7.10. The van der Waals surface area contributed by atoms with Gasteiger partial charge in [0.2, 0.25) is 0 Å². The summed E-state index contributed by atoms with van der Waals surface area (Å²) in [6.07, 6.45) is -6.39. The predicted octanol–water partition coefficient (Wildman–Crippen LogP) is -0.818. The topological polar surface area (TPSA) is 113 Å². The first kappa shape index (κ1) is 25.8. The van der Waals surface area contributed by atoms with Crippen LogP contribution in [-0.2, 0) is 47.4 Å². The van der Waals surface area contributed by atoms with E-state index in [4.69, 9.17) is 47.4 Å². The molecule has 11 nitrogen and oxygen atoms in total. The van der Waals surface area contributed by atoms with Gasteiger partial charge in [-0.15, -0.1) is 0 Å². The van der Waals surface area contributed by atoms with Crippen LogP contribution in [-0.4, -0.2) is 130 Å². The van der Waals surface area contributed by atoms with Gasteiger partial charge in [0.1, 0.15) is 48.8 Å². The molecule has 0 aromatic heterocycles. The van der Waals surface area contributed by atoms with Gasteiger partial charge in [-0.05, 0) is 0 Å². The lowest BCUT2D eigenvalue weighted by atomic mass is 9.97. The van der Waals surface area contributed by atoms with E-state index in [0.717, 1.165) is 0 Å². The number of rotatable bonds is 11. The van der Waals surface area contributed by atoms with Gasteiger partial charge in [-0.25, -0.2) is 0 Å². The standard InChI is InChI=1S/C19H36O11/c1-21-8-10-14(23-3)16(25-5)17(26-6)19(30-10)28-9-11-13(22-2)12(20)15(24-4)18(27-7)29-11/h10-20H,8-9H2,1-7H3. The molecule has 1 N–H and O–H groups in total. The van der Waals surface area contributed by atoms with E-state index in [2.05, 4.69) is 0 Å². The Morgan fingerprint density at radius 2 is 1.10 bits per heavy atom. The van der Waals surface area contributed by atoms with Crippen molar-refractivity contribution in [3.63, 3.8) is 0 Å². The predicted molar refractivity (Wildman–Crippen MR) is 102 cm³/mol. The third-order valence-corrected chi connectivity index (χ3v) is 5.56. The molecule has 178 valence electrons. The van der Waals surface area contributed by atoms with Crippen molar-refractivity contribution in [2.24, 2.45) is 0 Å². The maximum atomic E-state index is 10.6. The van der Waals surface area contributed by atoms with Gasteiger partial charge in [-0.1, -0.05) is 0 Å². The van der Waals surface area contributed by atoms with Crippen molar-refractivity contribution in [3.8, 4) is 0 Å². The molecule has 0 saturated carbocycles. The molecule has 0 aliphatic carbocycles. The van der Waals surface area contributed by atoms with E-state index in [1.807, 2.05) is 0 Å². The van der Waals surface area contributed by atoms with Gasteiger partial charge in [-0.3, -0.25) is 0 Å². The van der Waals surface area contributed by atoms with Crippen LogP contribution >= 0.6 is 0 Å². The number of aliphatic hydroxyl groups is 1. The molecule has 30 heavy (non-hydrogen) atoms. The highest BCUT2D eigenvalue weighted by Gasteiger charge is 2.50. The summed E-state index contributed by atoms with van der Waals surface area (Å²) in [5.74, 6) is 0. The van der Waals surface area contributed by atoms with Crippen molar-refractivity contribution in [1.82, 2.24) is 0 Å². The molecule has 2 aliphatic heterocycles. The summed E-state index contributed by atoms with van der Waals surface area (Å²) in [7, 11) is 10.7. The molecular weight excluding hydrogens is 404 g/mol. The van der Waals surface area contributed by atoms with Crippen molar-refractivity contribution in [2.75, 3.05) is 63.0 Å². The zero-order valence-electron chi connectivity index (χ0n) is 18.7. The van der Waals surface area contributed by atoms with E-state index in [-0.39, 0.29) is 13.2 Å². The van der Waals surface area contributed by atoms with Crippen LogP contribution in [0.15, 0.2) is 0 Å². The minimum absolute atomic E-state index is 0.0458.